The second kappa shape index (κ2) is 11.7. The molecule has 0 saturated carbocycles. The van der Waals surface area contributed by atoms with Crippen molar-refractivity contribution in [1.29, 1.82) is 0 Å². The summed E-state index contributed by atoms with van der Waals surface area (Å²) in [5.74, 6) is -3.41. The van der Waals surface area contributed by atoms with Crippen molar-refractivity contribution in [3.8, 4) is 11.1 Å². The number of hydrogen-bond acceptors (Lipinski definition) is 4. The summed E-state index contributed by atoms with van der Waals surface area (Å²) in [7, 11) is 0. The van der Waals surface area contributed by atoms with Crippen LogP contribution in [0, 0.1) is 17.5 Å². The van der Waals surface area contributed by atoms with E-state index in [-0.39, 0.29) is 34.1 Å². The van der Waals surface area contributed by atoms with E-state index in [0.717, 1.165) is 23.0 Å². The van der Waals surface area contributed by atoms with Crippen molar-refractivity contribution in [2.75, 3.05) is 0 Å². The Morgan fingerprint density at radius 1 is 1.07 bits per heavy atom. The first-order valence-corrected chi connectivity index (χ1v) is 12.6. The molecule has 0 aliphatic rings. The highest BCUT2D eigenvalue weighted by Crippen LogP contribution is 2.36. The van der Waals surface area contributed by atoms with Crippen molar-refractivity contribution < 1.29 is 31.1 Å². The average molecular weight is 623 g/mol. The zero-order chi connectivity index (χ0) is 29.2. The minimum Gasteiger partial charge on any atom is -0.399 e. The molecular formula is C28H21BrF6N4O. The minimum absolute atomic E-state index is 0.000490. The van der Waals surface area contributed by atoms with E-state index in [9.17, 15) is 31.1 Å². The number of ketones is 1. The zero-order valence-electron chi connectivity index (χ0n) is 20.7. The van der Waals surface area contributed by atoms with Crippen LogP contribution in [0.5, 0.6) is 0 Å². The van der Waals surface area contributed by atoms with Gasteiger partial charge < -0.3 is 5.73 Å². The Labute approximate surface area is 233 Å². The topological polar surface area (TPSA) is 73.8 Å². The summed E-state index contributed by atoms with van der Waals surface area (Å²) < 4.78 is 82.3. The van der Waals surface area contributed by atoms with Gasteiger partial charge in [0.15, 0.2) is 11.5 Å². The van der Waals surface area contributed by atoms with Crippen LogP contribution in [0.15, 0.2) is 72.1 Å². The Kier molecular flexibility index (Phi) is 8.48. The SMILES string of the molecule is C=C(N)c1cc(-c2ccncc2[C@@H](CC(=O)Cn2cc(Br)c(C(F)(F)F)n2)Cc2cc(F)cc(F)c2)ccc1F. The summed E-state index contributed by atoms with van der Waals surface area (Å²) in [5.41, 5.74) is 6.45. The van der Waals surface area contributed by atoms with E-state index in [0.29, 0.717) is 22.8 Å². The summed E-state index contributed by atoms with van der Waals surface area (Å²) in [6.45, 7) is 3.10. The van der Waals surface area contributed by atoms with Gasteiger partial charge in [0.25, 0.3) is 0 Å². The molecule has 2 aromatic carbocycles. The standard InChI is InChI=1S/C28H21BrF6N4O/c1-15(36)23-10-17(2-3-26(23)32)22-4-5-37-12-24(22)18(6-16-7-19(30)11-20(31)8-16)9-21(40)13-39-14-25(29)27(38-39)28(33,34)35/h2-5,7-8,10-12,14,18H,1,6,9,13,36H2/t18-/m1/s1. The van der Waals surface area contributed by atoms with Crippen LogP contribution in [0.25, 0.3) is 16.8 Å². The Morgan fingerprint density at radius 3 is 2.40 bits per heavy atom. The highest BCUT2D eigenvalue weighted by Gasteiger charge is 2.37. The van der Waals surface area contributed by atoms with Gasteiger partial charge in [-0.3, -0.25) is 14.5 Å². The molecule has 0 spiro atoms. The molecule has 2 aromatic heterocycles. The summed E-state index contributed by atoms with van der Waals surface area (Å²) >= 11 is 2.81. The van der Waals surface area contributed by atoms with Crippen LogP contribution in [0.2, 0.25) is 0 Å². The molecule has 0 aliphatic heterocycles. The fraction of sp³-hybridized carbons (Fsp3) is 0.179. The number of hydrogen-bond donors (Lipinski definition) is 1. The minimum atomic E-state index is -4.72. The van der Waals surface area contributed by atoms with Crippen LogP contribution >= 0.6 is 15.9 Å². The Bertz CT molecular complexity index is 1560. The van der Waals surface area contributed by atoms with Gasteiger partial charge in [-0.1, -0.05) is 12.6 Å². The van der Waals surface area contributed by atoms with Gasteiger partial charge in [0, 0.05) is 42.3 Å². The maximum atomic E-state index is 14.3. The number of rotatable bonds is 9. The van der Waals surface area contributed by atoms with Crippen molar-refractivity contribution in [3.63, 3.8) is 0 Å². The lowest BCUT2D eigenvalue weighted by atomic mass is 9.84. The lowest BCUT2D eigenvalue weighted by molar-refractivity contribution is -0.142. The second-order valence-corrected chi connectivity index (χ2v) is 9.98. The number of nitrogens with two attached hydrogens (primary N) is 1. The summed E-state index contributed by atoms with van der Waals surface area (Å²) in [5, 5.41) is 3.46. The molecule has 12 heteroatoms. The van der Waals surface area contributed by atoms with Crippen LogP contribution in [0.3, 0.4) is 0 Å². The molecule has 5 nitrogen and oxygen atoms in total. The van der Waals surface area contributed by atoms with Crippen LogP contribution in [0.4, 0.5) is 26.3 Å². The predicted octanol–water partition coefficient (Wildman–Crippen LogP) is 7.06. The maximum Gasteiger partial charge on any atom is 0.436 e. The third kappa shape index (κ3) is 6.79. The molecule has 1 atom stereocenters. The van der Waals surface area contributed by atoms with Crippen molar-refractivity contribution in [3.05, 3.63) is 112 Å². The Hall–Kier alpha value is -3.93. The van der Waals surface area contributed by atoms with E-state index >= 15 is 0 Å². The number of pyridine rings is 1. The van der Waals surface area contributed by atoms with E-state index in [1.807, 2.05) is 0 Å². The fourth-order valence-electron chi connectivity index (χ4n) is 4.43. The van der Waals surface area contributed by atoms with Crippen LogP contribution in [0.1, 0.15) is 34.7 Å². The molecule has 0 aliphatic carbocycles. The molecule has 2 heterocycles. The van der Waals surface area contributed by atoms with Crippen LogP contribution < -0.4 is 5.73 Å². The van der Waals surface area contributed by atoms with E-state index in [1.54, 1.807) is 6.07 Å². The van der Waals surface area contributed by atoms with Gasteiger partial charge in [0.05, 0.1) is 11.0 Å². The molecule has 40 heavy (non-hydrogen) atoms. The molecule has 0 bridgehead atoms. The fourth-order valence-corrected chi connectivity index (χ4v) is 4.97. The number of Topliss-reactive ketones (excluding diaryl/α,β-unsaturated/α-hetero) is 1. The third-order valence-corrected chi connectivity index (χ3v) is 6.70. The van der Waals surface area contributed by atoms with Crippen molar-refractivity contribution in [2.24, 2.45) is 5.73 Å². The first-order chi connectivity index (χ1) is 18.8. The molecular weight excluding hydrogens is 602 g/mol. The van der Waals surface area contributed by atoms with E-state index in [4.69, 9.17) is 5.73 Å². The van der Waals surface area contributed by atoms with E-state index < -0.39 is 47.6 Å². The van der Waals surface area contributed by atoms with Gasteiger partial charge in [0.2, 0.25) is 0 Å². The lowest BCUT2D eigenvalue weighted by Crippen LogP contribution is -2.17. The number of carbonyl (C=O) groups is 1. The largest absolute Gasteiger partial charge is 0.436 e. The van der Waals surface area contributed by atoms with Gasteiger partial charge in [-0.15, -0.1) is 0 Å². The quantitative estimate of drug-likeness (QED) is 0.203. The first-order valence-electron chi connectivity index (χ1n) is 11.8. The third-order valence-electron chi connectivity index (χ3n) is 6.12. The van der Waals surface area contributed by atoms with Gasteiger partial charge in [-0.2, -0.15) is 18.3 Å². The summed E-state index contributed by atoms with van der Waals surface area (Å²) in [6, 6.07) is 8.81. The molecule has 0 fully saturated rings. The molecule has 208 valence electrons. The molecule has 2 N–H and O–H groups in total. The second-order valence-electron chi connectivity index (χ2n) is 9.13. The normalized spacial score (nSPS) is 12.4. The Morgan fingerprint density at radius 2 is 1.77 bits per heavy atom. The highest BCUT2D eigenvalue weighted by molar-refractivity contribution is 9.10. The van der Waals surface area contributed by atoms with Crippen LogP contribution in [-0.2, 0) is 23.9 Å². The molecule has 0 radical (unpaired) electrons. The predicted molar refractivity (Wildman–Crippen MR) is 140 cm³/mol. The molecule has 0 saturated heterocycles. The average Bonchev–Trinajstić information content (AvgIpc) is 3.23. The molecule has 4 aromatic rings. The van der Waals surface area contributed by atoms with E-state index in [1.165, 1.54) is 30.6 Å². The number of benzene rings is 2. The lowest BCUT2D eigenvalue weighted by Gasteiger charge is -2.21. The van der Waals surface area contributed by atoms with Gasteiger partial charge in [0.1, 0.15) is 17.5 Å². The van der Waals surface area contributed by atoms with E-state index in [2.05, 4.69) is 32.6 Å². The number of halogens is 7. The van der Waals surface area contributed by atoms with Gasteiger partial charge >= 0.3 is 6.18 Å². The molecule has 0 unspecified atom stereocenters. The maximum absolute atomic E-state index is 14.3. The van der Waals surface area contributed by atoms with Crippen molar-refractivity contribution >= 4 is 27.4 Å². The van der Waals surface area contributed by atoms with Gasteiger partial charge in [-0.25, -0.2) is 13.2 Å². The van der Waals surface area contributed by atoms with Crippen molar-refractivity contribution in [1.82, 2.24) is 14.8 Å². The summed E-state index contributed by atoms with van der Waals surface area (Å²) in [4.78, 5) is 17.3. The smallest absolute Gasteiger partial charge is 0.399 e. The number of nitrogens with zero attached hydrogens (tertiary/aromatic N) is 3. The zero-order valence-corrected chi connectivity index (χ0v) is 22.2. The monoisotopic (exact) mass is 622 g/mol. The molecule has 4 rings (SSSR count). The highest BCUT2D eigenvalue weighted by atomic mass is 79.9. The Balaban J connectivity index is 1.72. The van der Waals surface area contributed by atoms with Gasteiger partial charge in [-0.05, 0) is 80.9 Å². The summed E-state index contributed by atoms with van der Waals surface area (Å²) in [6.07, 6.45) is -0.937. The number of alkyl halides is 3. The number of carbonyl (C=O) groups excluding carboxylic acids is 1. The van der Waals surface area contributed by atoms with Crippen molar-refractivity contribution in [2.45, 2.75) is 31.5 Å². The first kappa shape index (κ1) is 29.1. The van der Waals surface area contributed by atoms with Crippen LogP contribution in [-0.4, -0.2) is 20.5 Å². The number of aromatic nitrogens is 3. The molecule has 0 amide bonds.